The third kappa shape index (κ3) is 4.23. The van der Waals surface area contributed by atoms with E-state index in [0.717, 1.165) is 57.7 Å². The molecule has 0 amide bonds. The fourth-order valence-corrected chi connectivity index (χ4v) is 2.85. The summed E-state index contributed by atoms with van der Waals surface area (Å²) in [4.78, 5) is 7.09. The molecule has 4 heteroatoms. The number of rotatable bonds is 6. The Morgan fingerprint density at radius 3 is 2.91 bits per heavy atom. The van der Waals surface area contributed by atoms with Crippen LogP contribution >= 0.6 is 0 Å². The van der Waals surface area contributed by atoms with Crippen LogP contribution in [0.15, 0.2) is 29.3 Å². The summed E-state index contributed by atoms with van der Waals surface area (Å²) >= 11 is 0. The third-order valence-corrected chi connectivity index (χ3v) is 4.31. The highest BCUT2D eigenvalue weighted by Crippen LogP contribution is 2.28. The molecule has 3 rings (SSSR count). The van der Waals surface area contributed by atoms with Gasteiger partial charge in [-0.25, -0.2) is 0 Å². The summed E-state index contributed by atoms with van der Waals surface area (Å²) in [5.74, 6) is 1.85. The van der Waals surface area contributed by atoms with Crippen LogP contribution in [0.4, 0.5) is 0 Å². The highest BCUT2D eigenvalue weighted by molar-refractivity contribution is 5.80. The molecule has 0 unspecified atom stereocenters. The molecule has 0 spiro atoms. The third-order valence-electron chi connectivity index (χ3n) is 4.31. The van der Waals surface area contributed by atoms with Crippen molar-refractivity contribution in [2.45, 2.75) is 32.7 Å². The predicted molar refractivity (Wildman–Crippen MR) is 90.1 cm³/mol. The molecule has 4 nitrogen and oxygen atoms in total. The number of fused-ring (bicyclic) bond motifs is 1. The summed E-state index contributed by atoms with van der Waals surface area (Å²) < 4.78 is 5.68. The van der Waals surface area contributed by atoms with Gasteiger partial charge in [0.2, 0.25) is 0 Å². The number of ether oxygens (including phenoxy) is 1. The van der Waals surface area contributed by atoms with E-state index in [-0.39, 0.29) is 0 Å². The molecule has 22 heavy (non-hydrogen) atoms. The zero-order valence-corrected chi connectivity index (χ0v) is 13.6. The molecule has 0 saturated heterocycles. The van der Waals surface area contributed by atoms with E-state index in [1.165, 1.54) is 24.0 Å². The monoisotopic (exact) mass is 301 g/mol. The molecule has 1 fully saturated rings. The maximum atomic E-state index is 5.68. The number of hydrogen-bond acceptors (Lipinski definition) is 2. The van der Waals surface area contributed by atoms with Gasteiger partial charge in [0.05, 0.1) is 13.2 Å². The molecule has 1 heterocycles. The van der Waals surface area contributed by atoms with Gasteiger partial charge in [-0.1, -0.05) is 24.3 Å². The molecule has 0 aromatic heterocycles. The second-order valence-corrected chi connectivity index (χ2v) is 6.19. The lowest BCUT2D eigenvalue weighted by Gasteiger charge is -2.31. The highest BCUT2D eigenvalue weighted by atomic mass is 16.5. The van der Waals surface area contributed by atoms with E-state index in [0.29, 0.717) is 0 Å². The topological polar surface area (TPSA) is 36.9 Å². The zero-order chi connectivity index (χ0) is 15.2. The quantitative estimate of drug-likeness (QED) is 0.498. The maximum Gasteiger partial charge on any atom is 0.194 e. The van der Waals surface area contributed by atoms with Gasteiger partial charge in [-0.05, 0) is 43.2 Å². The normalized spacial score (nSPS) is 18.2. The van der Waals surface area contributed by atoms with Crippen molar-refractivity contribution in [2.75, 3.05) is 32.8 Å². The first-order valence-electron chi connectivity index (χ1n) is 8.54. The van der Waals surface area contributed by atoms with Crippen LogP contribution in [0.25, 0.3) is 0 Å². The molecular weight excluding hydrogens is 274 g/mol. The standard InChI is InChI=1S/C18H27N3O/c1-2-19-18(20-10-12-22-14-15-7-8-15)21-11-9-16-5-3-4-6-17(16)13-21/h3-6,15H,2,7-14H2,1H3,(H,19,20). The van der Waals surface area contributed by atoms with E-state index < -0.39 is 0 Å². The fraction of sp³-hybridized carbons (Fsp3) is 0.611. The lowest BCUT2D eigenvalue weighted by atomic mass is 10.0. The Morgan fingerprint density at radius 1 is 1.32 bits per heavy atom. The molecule has 0 atom stereocenters. The number of nitrogens with one attached hydrogen (secondary N) is 1. The first-order chi connectivity index (χ1) is 10.9. The smallest absolute Gasteiger partial charge is 0.194 e. The Hall–Kier alpha value is -1.55. The van der Waals surface area contributed by atoms with Crippen LogP contribution in [0.5, 0.6) is 0 Å². The highest BCUT2D eigenvalue weighted by Gasteiger charge is 2.21. The summed E-state index contributed by atoms with van der Waals surface area (Å²) in [5, 5.41) is 3.42. The summed E-state index contributed by atoms with van der Waals surface area (Å²) in [6.07, 6.45) is 3.79. The van der Waals surface area contributed by atoms with E-state index in [9.17, 15) is 0 Å². The van der Waals surface area contributed by atoms with Gasteiger partial charge >= 0.3 is 0 Å². The van der Waals surface area contributed by atoms with Gasteiger partial charge in [0, 0.05) is 26.2 Å². The summed E-state index contributed by atoms with van der Waals surface area (Å²) in [7, 11) is 0. The summed E-state index contributed by atoms with van der Waals surface area (Å²) in [6.45, 7) is 7.40. The molecule has 1 N–H and O–H groups in total. The summed E-state index contributed by atoms with van der Waals surface area (Å²) in [6, 6.07) is 8.72. The first-order valence-corrected chi connectivity index (χ1v) is 8.54. The van der Waals surface area contributed by atoms with Crippen LogP contribution in [-0.4, -0.2) is 43.7 Å². The molecule has 1 aliphatic heterocycles. The second kappa shape index (κ2) is 7.63. The minimum atomic E-state index is 0.732. The van der Waals surface area contributed by atoms with Crippen molar-refractivity contribution in [1.82, 2.24) is 10.2 Å². The Morgan fingerprint density at radius 2 is 2.14 bits per heavy atom. The van der Waals surface area contributed by atoms with E-state index in [1.54, 1.807) is 0 Å². The Labute approximate surface area is 133 Å². The Kier molecular flexibility index (Phi) is 5.33. The van der Waals surface area contributed by atoms with Gasteiger partial charge < -0.3 is 15.0 Å². The van der Waals surface area contributed by atoms with E-state index >= 15 is 0 Å². The number of hydrogen-bond donors (Lipinski definition) is 1. The van der Waals surface area contributed by atoms with Crippen molar-refractivity contribution in [1.29, 1.82) is 0 Å². The molecule has 2 aliphatic rings. The maximum absolute atomic E-state index is 5.68. The molecule has 1 aromatic carbocycles. The van der Waals surface area contributed by atoms with Crippen LogP contribution in [0, 0.1) is 5.92 Å². The summed E-state index contributed by atoms with van der Waals surface area (Å²) in [5.41, 5.74) is 2.90. The number of guanidine groups is 1. The largest absolute Gasteiger partial charge is 0.379 e. The molecule has 1 aromatic rings. The number of benzene rings is 1. The minimum Gasteiger partial charge on any atom is -0.379 e. The minimum absolute atomic E-state index is 0.732. The van der Waals surface area contributed by atoms with Gasteiger partial charge in [0.1, 0.15) is 0 Å². The van der Waals surface area contributed by atoms with Crippen molar-refractivity contribution in [3.05, 3.63) is 35.4 Å². The first kappa shape index (κ1) is 15.3. The van der Waals surface area contributed by atoms with Crippen molar-refractivity contribution in [3.8, 4) is 0 Å². The van der Waals surface area contributed by atoms with Crippen LogP contribution in [-0.2, 0) is 17.7 Å². The van der Waals surface area contributed by atoms with Gasteiger partial charge in [-0.3, -0.25) is 4.99 Å². The number of nitrogens with zero attached hydrogens (tertiary/aromatic N) is 2. The van der Waals surface area contributed by atoms with Crippen molar-refractivity contribution < 1.29 is 4.74 Å². The van der Waals surface area contributed by atoms with Gasteiger partial charge in [-0.15, -0.1) is 0 Å². The molecule has 120 valence electrons. The van der Waals surface area contributed by atoms with Crippen LogP contribution in [0.2, 0.25) is 0 Å². The average molecular weight is 301 g/mol. The SMILES string of the molecule is CCNC(=NCCOCC1CC1)N1CCc2ccccc2C1. The molecule has 1 aliphatic carbocycles. The predicted octanol–water partition coefficient (Wildman–Crippen LogP) is 2.44. The van der Waals surface area contributed by atoms with Crippen LogP contribution in [0.1, 0.15) is 30.9 Å². The second-order valence-electron chi connectivity index (χ2n) is 6.19. The Balaban J connectivity index is 1.53. The Bertz CT molecular complexity index is 511. The van der Waals surface area contributed by atoms with E-state index in [4.69, 9.17) is 9.73 Å². The molecule has 0 bridgehead atoms. The van der Waals surface area contributed by atoms with Crippen molar-refractivity contribution in [3.63, 3.8) is 0 Å². The van der Waals surface area contributed by atoms with Gasteiger partial charge in [0.25, 0.3) is 0 Å². The molecular formula is C18H27N3O. The fourth-order valence-electron chi connectivity index (χ4n) is 2.85. The van der Waals surface area contributed by atoms with E-state index in [2.05, 4.69) is 41.4 Å². The van der Waals surface area contributed by atoms with Gasteiger partial charge in [-0.2, -0.15) is 0 Å². The van der Waals surface area contributed by atoms with Gasteiger partial charge in [0.15, 0.2) is 5.96 Å². The van der Waals surface area contributed by atoms with Crippen molar-refractivity contribution in [2.24, 2.45) is 10.9 Å². The zero-order valence-electron chi connectivity index (χ0n) is 13.6. The average Bonchev–Trinajstić information content (AvgIpc) is 3.37. The molecule has 0 radical (unpaired) electrons. The van der Waals surface area contributed by atoms with E-state index in [1.807, 2.05) is 0 Å². The van der Waals surface area contributed by atoms with Crippen LogP contribution < -0.4 is 5.32 Å². The lowest BCUT2D eigenvalue weighted by Crippen LogP contribution is -2.44. The lowest BCUT2D eigenvalue weighted by molar-refractivity contribution is 0.131. The number of aliphatic imine (C=N–C) groups is 1. The molecule has 1 saturated carbocycles. The van der Waals surface area contributed by atoms with Crippen molar-refractivity contribution >= 4 is 5.96 Å². The van der Waals surface area contributed by atoms with Crippen LogP contribution in [0.3, 0.4) is 0 Å².